The molecule has 3 rings (SSSR count). The Hall–Kier alpha value is -1.64. The van der Waals surface area contributed by atoms with Crippen LogP contribution in [0.2, 0.25) is 0 Å². The van der Waals surface area contributed by atoms with Gasteiger partial charge in [0, 0.05) is 19.8 Å². The molecular formula is C15H22N4O3S. The quantitative estimate of drug-likeness (QED) is 0.864. The van der Waals surface area contributed by atoms with E-state index in [1.165, 1.54) is 23.5 Å². The fourth-order valence-electron chi connectivity index (χ4n) is 2.93. The predicted molar refractivity (Wildman–Crippen MR) is 85.3 cm³/mol. The van der Waals surface area contributed by atoms with E-state index in [9.17, 15) is 8.42 Å². The minimum absolute atomic E-state index is 0.0863. The van der Waals surface area contributed by atoms with Crippen molar-refractivity contribution >= 4 is 10.0 Å². The molecule has 1 N–H and O–H groups in total. The lowest BCUT2D eigenvalue weighted by Gasteiger charge is -2.33. The molecule has 7 nitrogen and oxygen atoms in total. The summed E-state index contributed by atoms with van der Waals surface area (Å²) >= 11 is 0. The Bertz CT molecular complexity index is 718. The summed E-state index contributed by atoms with van der Waals surface area (Å²) in [4.78, 5) is 2.46. The van der Waals surface area contributed by atoms with Gasteiger partial charge in [0.15, 0.2) is 0 Å². The zero-order valence-electron chi connectivity index (χ0n) is 13.2. The Morgan fingerprint density at radius 3 is 2.74 bits per heavy atom. The van der Waals surface area contributed by atoms with E-state index >= 15 is 0 Å². The molecule has 8 heteroatoms. The third-order valence-corrected chi connectivity index (χ3v) is 5.54. The maximum atomic E-state index is 12.4. The Kier molecular flexibility index (Phi) is 4.84. The number of aromatic nitrogens is 2. The van der Waals surface area contributed by atoms with Crippen molar-refractivity contribution in [1.29, 1.82) is 0 Å². The first kappa shape index (κ1) is 16.2. The Labute approximate surface area is 136 Å². The van der Waals surface area contributed by atoms with Crippen LogP contribution in [-0.4, -0.2) is 42.7 Å². The van der Waals surface area contributed by atoms with E-state index in [-0.39, 0.29) is 17.5 Å². The van der Waals surface area contributed by atoms with E-state index < -0.39 is 10.0 Å². The van der Waals surface area contributed by atoms with Crippen LogP contribution in [0.3, 0.4) is 0 Å². The zero-order chi connectivity index (χ0) is 16.3. The average Bonchev–Trinajstić information content (AvgIpc) is 3.20. The molecule has 3 heterocycles. The topological polar surface area (TPSA) is 80.4 Å². The second kappa shape index (κ2) is 6.86. The number of nitrogens with zero attached hydrogens (tertiary/aromatic N) is 3. The smallest absolute Gasteiger partial charge is 0.243 e. The molecule has 23 heavy (non-hydrogen) atoms. The highest BCUT2D eigenvalue weighted by atomic mass is 32.2. The Morgan fingerprint density at radius 2 is 2.13 bits per heavy atom. The summed E-state index contributed by atoms with van der Waals surface area (Å²) in [6.45, 7) is 2.20. The van der Waals surface area contributed by atoms with Crippen LogP contribution in [0.1, 0.15) is 31.1 Å². The van der Waals surface area contributed by atoms with Crippen LogP contribution in [0.5, 0.6) is 0 Å². The molecule has 1 saturated heterocycles. The zero-order valence-corrected chi connectivity index (χ0v) is 14.0. The van der Waals surface area contributed by atoms with Crippen molar-refractivity contribution < 1.29 is 12.8 Å². The number of aryl methyl sites for hydroxylation is 1. The maximum Gasteiger partial charge on any atom is 0.243 e. The summed E-state index contributed by atoms with van der Waals surface area (Å²) in [5.41, 5.74) is 0. The van der Waals surface area contributed by atoms with Crippen LogP contribution >= 0.6 is 0 Å². The fraction of sp³-hybridized carbons (Fsp3) is 0.533. The minimum Gasteiger partial charge on any atom is -0.468 e. The van der Waals surface area contributed by atoms with E-state index in [1.54, 1.807) is 13.3 Å². The van der Waals surface area contributed by atoms with Crippen molar-refractivity contribution in [2.45, 2.75) is 30.2 Å². The van der Waals surface area contributed by atoms with Gasteiger partial charge in [-0.1, -0.05) is 6.42 Å². The summed E-state index contributed by atoms with van der Waals surface area (Å²) in [5.74, 6) is 0.792. The molecule has 0 spiro atoms. The molecule has 1 fully saturated rings. The average molecular weight is 338 g/mol. The number of piperidine rings is 1. The van der Waals surface area contributed by atoms with Gasteiger partial charge in [-0.25, -0.2) is 13.1 Å². The number of rotatable bonds is 6. The molecule has 126 valence electrons. The van der Waals surface area contributed by atoms with Gasteiger partial charge in [0.1, 0.15) is 10.7 Å². The standard InChI is InChI=1S/C15H22N4O3S/c1-18-12-13(10-16-18)23(20,21)17-11-14(15-6-5-9-22-15)19-7-3-2-4-8-19/h5-6,9-10,12,14,17H,2-4,7-8,11H2,1H3/t14-/m0/s1. The molecular weight excluding hydrogens is 316 g/mol. The summed E-state index contributed by atoms with van der Waals surface area (Å²) < 4.78 is 34.5. The van der Waals surface area contributed by atoms with Crippen molar-refractivity contribution in [3.63, 3.8) is 0 Å². The summed E-state index contributed by atoms with van der Waals surface area (Å²) in [6.07, 6.45) is 7.96. The van der Waals surface area contributed by atoms with E-state index in [0.717, 1.165) is 31.7 Å². The van der Waals surface area contributed by atoms with Crippen LogP contribution in [0.25, 0.3) is 0 Å². The van der Waals surface area contributed by atoms with Crippen LogP contribution in [0, 0.1) is 0 Å². The SMILES string of the molecule is Cn1cc(S(=O)(=O)NC[C@@H](c2ccco2)N2CCCCC2)cn1. The second-order valence-electron chi connectivity index (χ2n) is 5.83. The highest BCUT2D eigenvalue weighted by Gasteiger charge is 2.26. The lowest BCUT2D eigenvalue weighted by molar-refractivity contribution is 0.147. The highest BCUT2D eigenvalue weighted by molar-refractivity contribution is 7.89. The molecule has 2 aromatic rings. The maximum absolute atomic E-state index is 12.4. The van der Waals surface area contributed by atoms with Gasteiger partial charge < -0.3 is 4.42 Å². The lowest BCUT2D eigenvalue weighted by atomic mass is 10.1. The van der Waals surface area contributed by atoms with Crippen molar-refractivity contribution in [3.05, 3.63) is 36.5 Å². The normalized spacial score (nSPS) is 18.1. The van der Waals surface area contributed by atoms with Gasteiger partial charge in [-0.05, 0) is 38.1 Å². The largest absolute Gasteiger partial charge is 0.468 e. The molecule has 1 aliphatic heterocycles. The van der Waals surface area contributed by atoms with E-state index in [2.05, 4.69) is 14.7 Å². The number of sulfonamides is 1. The highest BCUT2D eigenvalue weighted by Crippen LogP contribution is 2.25. The van der Waals surface area contributed by atoms with Crippen LogP contribution in [-0.2, 0) is 17.1 Å². The molecule has 0 saturated carbocycles. The van der Waals surface area contributed by atoms with Crippen molar-refractivity contribution in [1.82, 2.24) is 19.4 Å². The number of hydrogen-bond acceptors (Lipinski definition) is 5. The van der Waals surface area contributed by atoms with Gasteiger partial charge in [0.25, 0.3) is 0 Å². The van der Waals surface area contributed by atoms with Crippen molar-refractivity contribution in [3.8, 4) is 0 Å². The van der Waals surface area contributed by atoms with Gasteiger partial charge >= 0.3 is 0 Å². The summed E-state index contributed by atoms with van der Waals surface area (Å²) in [6, 6.07) is 3.65. The molecule has 1 aliphatic rings. The molecule has 0 aromatic carbocycles. The molecule has 0 unspecified atom stereocenters. The summed E-state index contributed by atoms with van der Waals surface area (Å²) in [7, 11) is -1.87. The van der Waals surface area contributed by atoms with Crippen LogP contribution < -0.4 is 4.72 Å². The Morgan fingerprint density at radius 1 is 1.35 bits per heavy atom. The molecule has 0 aliphatic carbocycles. The first-order valence-electron chi connectivity index (χ1n) is 7.82. The van der Waals surface area contributed by atoms with Gasteiger partial charge in [-0.3, -0.25) is 9.58 Å². The second-order valence-corrected chi connectivity index (χ2v) is 7.60. The van der Waals surface area contributed by atoms with Gasteiger partial charge in [0.2, 0.25) is 10.0 Å². The Balaban J connectivity index is 1.73. The lowest BCUT2D eigenvalue weighted by Crippen LogP contribution is -2.40. The van der Waals surface area contributed by atoms with Gasteiger partial charge in [-0.2, -0.15) is 5.10 Å². The predicted octanol–water partition coefficient (Wildman–Crippen LogP) is 1.52. The number of hydrogen-bond donors (Lipinski definition) is 1. The van der Waals surface area contributed by atoms with Gasteiger partial charge in [-0.15, -0.1) is 0 Å². The molecule has 2 aromatic heterocycles. The number of nitrogens with one attached hydrogen (secondary N) is 1. The molecule has 0 bridgehead atoms. The van der Waals surface area contributed by atoms with Crippen LogP contribution in [0.4, 0.5) is 0 Å². The van der Waals surface area contributed by atoms with Crippen molar-refractivity contribution in [2.24, 2.45) is 7.05 Å². The monoisotopic (exact) mass is 338 g/mol. The van der Waals surface area contributed by atoms with E-state index in [4.69, 9.17) is 4.42 Å². The number of furan rings is 1. The van der Waals surface area contributed by atoms with E-state index in [0.29, 0.717) is 0 Å². The van der Waals surface area contributed by atoms with Gasteiger partial charge in [0.05, 0.1) is 18.5 Å². The van der Waals surface area contributed by atoms with E-state index in [1.807, 2.05) is 12.1 Å². The molecule has 0 amide bonds. The third-order valence-electron chi connectivity index (χ3n) is 4.16. The fourth-order valence-corrected chi connectivity index (χ4v) is 3.95. The third kappa shape index (κ3) is 3.82. The summed E-state index contributed by atoms with van der Waals surface area (Å²) in [5, 5.41) is 3.92. The van der Waals surface area contributed by atoms with Crippen molar-refractivity contribution in [2.75, 3.05) is 19.6 Å². The first-order valence-corrected chi connectivity index (χ1v) is 9.30. The minimum atomic E-state index is -3.57. The first-order chi connectivity index (χ1) is 11.1. The molecule has 0 radical (unpaired) electrons. The van der Waals surface area contributed by atoms with Crippen LogP contribution in [0.15, 0.2) is 40.1 Å². The molecule has 1 atom stereocenters. The number of likely N-dealkylation sites (tertiary alicyclic amines) is 1.